The molecule has 0 spiro atoms. The van der Waals surface area contributed by atoms with Gasteiger partial charge < -0.3 is 18.8 Å². The molecule has 5 rings (SSSR count). The van der Waals surface area contributed by atoms with E-state index < -0.39 is 6.04 Å². The van der Waals surface area contributed by atoms with Gasteiger partial charge in [-0.3, -0.25) is 9.59 Å². The van der Waals surface area contributed by atoms with Gasteiger partial charge in [-0.25, -0.2) is 0 Å². The van der Waals surface area contributed by atoms with Crippen LogP contribution in [0.25, 0.3) is 11.0 Å². The second-order valence-electron chi connectivity index (χ2n) is 9.90. The first-order valence-electron chi connectivity index (χ1n) is 13.2. The molecular formula is C32H33NO5. The zero-order valence-electron chi connectivity index (χ0n) is 22.4. The van der Waals surface area contributed by atoms with Gasteiger partial charge in [0, 0.05) is 6.54 Å². The Morgan fingerprint density at radius 3 is 2.34 bits per heavy atom. The average molecular weight is 512 g/mol. The van der Waals surface area contributed by atoms with Crippen molar-refractivity contribution in [3.63, 3.8) is 0 Å². The standard InChI is InChI=1S/C32H33NO5/c1-5-6-17-37-25-13-9-23(10-14-25)28-27-29(34)26-19-20(2)18-21(3)30(26)38-31(27)32(35)33(28)16-15-22-7-11-24(36-4)12-8-22/h7-14,18-19,28H,5-6,15-17H2,1-4H3. The second kappa shape index (κ2) is 10.7. The van der Waals surface area contributed by atoms with Gasteiger partial charge in [-0.05, 0) is 79.3 Å². The normalized spacial score (nSPS) is 14.7. The van der Waals surface area contributed by atoms with Crippen LogP contribution in [0.3, 0.4) is 0 Å². The summed E-state index contributed by atoms with van der Waals surface area (Å²) in [7, 11) is 1.64. The molecule has 3 aromatic carbocycles. The van der Waals surface area contributed by atoms with Gasteiger partial charge in [0.1, 0.15) is 17.1 Å². The summed E-state index contributed by atoms with van der Waals surface area (Å²) in [6.45, 7) is 7.08. The Balaban J connectivity index is 1.56. The largest absolute Gasteiger partial charge is 0.497 e. The first-order valence-corrected chi connectivity index (χ1v) is 13.2. The van der Waals surface area contributed by atoms with E-state index in [4.69, 9.17) is 13.9 Å². The quantitative estimate of drug-likeness (QED) is 0.244. The molecule has 1 unspecified atom stereocenters. The summed E-state index contributed by atoms with van der Waals surface area (Å²) in [6.07, 6.45) is 2.67. The summed E-state index contributed by atoms with van der Waals surface area (Å²) in [5.74, 6) is 1.43. The fourth-order valence-electron chi connectivity index (χ4n) is 5.17. The summed E-state index contributed by atoms with van der Waals surface area (Å²) >= 11 is 0. The number of ether oxygens (including phenoxy) is 2. The van der Waals surface area contributed by atoms with E-state index in [1.807, 2.05) is 74.5 Å². The van der Waals surface area contributed by atoms with Crippen molar-refractivity contribution in [1.29, 1.82) is 0 Å². The maximum absolute atomic E-state index is 13.9. The van der Waals surface area contributed by atoms with Crippen molar-refractivity contribution >= 4 is 16.9 Å². The molecule has 38 heavy (non-hydrogen) atoms. The maximum Gasteiger partial charge on any atom is 0.290 e. The number of hydrogen-bond donors (Lipinski definition) is 0. The second-order valence-corrected chi connectivity index (χ2v) is 9.90. The van der Waals surface area contributed by atoms with Crippen LogP contribution in [-0.2, 0) is 6.42 Å². The predicted molar refractivity (Wildman–Crippen MR) is 148 cm³/mol. The van der Waals surface area contributed by atoms with Crippen LogP contribution in [0, 0.1) is 13.8 Å². The van der Waals surface area contributed by atoms with Gasteiger partial charge in [0.05, 0.1) is 30.7 Å². The molecule has 2 heterocycles. The molecule has 0 radical (unpaired) electrons. The Labute approximate surface area is 222 Å². The van der Waals surface area contributed by atoms with E-state index in [-0.39, 0.29) is 17.1 Å². The highest BCUT2D eigenvalue weighted by molar-refractivity contribution is 5.99. The summed E-state index contributed by atoms with van der Waals surface area (Å²) in [5, 5.41) is 0.510. The molecule has 6 heteroatoms. The number of methoxy groups -OCH3 is 1. The molecule has 1 amide bonds. The van der Waals surface area contributed by atoms with Gasteiger partial charge >= 0.3 is 0 Å². The number of benzene rings is 3. The minimum atomic E-state index is -0.540. The van der Waals surface area contributed by atoms with Gasteiger partial charge in [0.25, 0.3) is 5.91 Å². The summed E-state index contributed by atoms with van der Waals surface area (Å²) < 4.78 is 17.3. The summed E-state index contributed by atoms with van der Waals surface area (Å²) in [5.41, 5.74) is 4.48. The summed E-state index contributed by atoms with van der Waals surface area (Å²) in [6, 6.07) is 18.8. The minimum absolute atomic E-state index is 0.137. The van der Waals surface area contributed by atoms with Crippen molar-refractivity contribution in [3.05, 3.63) is 104 Å². The van der Waals surface area contributed by atoms with E-state index in [9.17, 15) is 9.59 Å². The molecule has 0 saturated heterocycles. The van der Waals surface area contributed by atoms with Crippen LogP contribution < -0.4 is 14.9 Å². The highest BCUT2D eigenvalue weighted by atomic mass is 16.5. The summed E-state index contributed by atoms with van der Waals surface area (Å²) in [4.78, 5) is 29.4. The Morgan fingerprint density at radius 2 is 1.66 bits per heavy atom. The SMILES string of the molecule is CCCCOc1ccc(C2c3c(oc4c(C)cc(C)cc4c3=O)C(=O)N2CCc2ccc(OC)cc2)cc1. The van der Waals surface area contributed by atoms with Crippen LogP contribution in [0.2, 0.25) is 0 Å². The van der Waals surface area contributed by atoms with E-state index in [2.05, 4.69) is 6.92 Å². The van der Waals surface area contributed by atoms with Gasteiger partial charge in [0.15, 0.2) is 5.43 Å². The number of carbonyl (C=O) groups is 1. The fraction of sp³-hybridized carbons (Fsp3) is 0.312. The molecule has 4 aromatic rings. The number of rotatable bonds is 9. The van der Waals surface area contributed by atoms with Gasteiger partial charge in [0.2, 0.25) is 5.76 Å². The van der Waals surface area contributed by atoms with Crippen molar-refractivity contribution in [2.24, 2.45) is 0 Å². The molecule has 196 valence electrons. The minimum Gasteiger partial charge on any atom is -0.497 e. The molecule has 0 saturated carbocycles. The maximum atomic E-state index is 13.9. The molecule has 1 aliphatic rings. The lowest BCUT2D eigenvalue weighted by Gasteiger charge is -2.25. The first-order chi connectivity index (χ1) is 18.4. The molecule has 0 bridgehead atoms. The number of nitrogens with zero attached hydrogens (tertiary/aromatic N) is 1. The third kappa shape index (κ3) is 4.78. The Hall–Kier alpha value is -4.06. The topological polar surface area (TPSA) is 69.0 Å². The Kier molecular flexibility index (Phi) is 7.23. The molecule has 1 aliphatic heterocycles. The third-order valence-electron chi connectivity index (χ3n) is 7.16. The highest BCUT2D eigenvalue weighted by Gasteiger charge is 2.42. The lowest BCUT2D eigenvalue weighted by Crippen LogP contribution is -2.31. The zero-order valence-corrected chi connectivity index (χ0v) is 22.4. The molecule has 0 aliphatic carbocycles. The molecule has 0 N–H and O–H groups in total. The Bertz CT molecular complexity index is 1520. The molecular weight excluding hydrogens is 478 g/mol. The number of amides is 1. The van der Waals surface area contributed by atoms with Gasteiger partial charge in [-0.2, -0.15) is 0 Å². The first kappa shape index (κ1) is 25.6. The lowest BCUT2D eigenvalue weighted by molar-refractivity contribution is 0.0730. The molecule has 6 nitrogen and oxygen atoms in total. The highest BCUT2D eigenvalue weighted by Crippen LogP contribution is 2.39. The lowest BCUT2D eigenvalue weighted by atomic mass is 9.97. The number of unbranched alkanes of at least 4 members (excludes halogenated alkanes) is 1. The predicted octanol–water partition coefficient (Wildman–Crippen LogP) is 6.39. The number of fused-ring (bicyclic) bond motifs is 2. The number of hydrogen-bond acceptors (Lipinski definition) is 5. The third-order valence-corrected chi connectivity index (χ3v) is 7.16. The van der Waals surface area contributed by atoms with Crippen LogP contribution in [0.1, 0.15) is 64.2 Å². The van der Waals surface area contributed by atoms with Crippen molar-refractivity contribution in [1.82, 2.24) is 4.90 Å². The van der Waals surface area contributed by atoms with E-state index >= 15 is 0 Å². The molecule has 1 aromatic heterocycles. The van der Waals surface area contributed by atoms with Crippen molar-refractivity contribution in [3.8, 4) is 11.5 Å². The van der Waals surface area contributed by atoms with Crippen LogP contribution in [0.15, 0.2) is 69.9 Å². The smallest absolute Gasteiger partial charge is 0.290 e. The van der Waals surface area contributed by atoms with Crippen molar-refractivity contribution < 1.29 is 18.7 Å². The van der Waals surface area contributed by atoms with Crippen molar-refractivity contribution in [2.45, 2.75) is 46.1 Å². The van der Waals surface area contributed by atoms with Crippen LogP contribution >= 0.6 is 0 Å². The van der Waals surface area contributed by atoms with E-state index in [0.717, 1.165) is 46.6 Å². The van der Waals surface area contributed by atoms with Gasteiger partial charge in [-0.15, -0.1) is 0 Å². The molecule has 0 fully saturated rings. The van der Waals surface area contributed by atoms with E-state index in [0.29, 0.717) is 36.1 Å². The zero-order chi connectivity index (χ0) is 26.8. The van der Waals surface area contributed by atoms with E-state index in [1.54, 1.807) is 12.0 Å². The van der Waals surface area contributed by atoms with Crippen LogP contribution in [0.4, 0.5) is 0 Å². The van der Waals surface area contributed by atoms with Crippen LogP contribution in [-0.4, -0.2) is 31.1 Å². The van der Waals surface area contributed by atoms with Gasteiger partial charge in [-0.1, -0.05) is 43.7 Å². The van der Waals surface area contributed by atoms with Crippen molar-refractivity contribution in [2.75, 3.05) is 20.3 Å². The number of carbonyl (C=O) groups excluding carboxylic acids is 1. The molecule has 1 atom stereocenters. The fourth-order valence-corrected chi connectivity index (χ4v) is 5.17. The van der Waals surface area contributed by atoms with Crippen LogP contribution in [0.5, 0.6) is 11.5 Å². The van der Waals surface area contributed by atoms with E-state index in [1.165, 1.54) is 0 Å². The average Bonchev–Trinajstić information content (AvgIpc) is 3.20. The Morgan fingerprint density at radius 1 is 0.947 bits per heavy atom. The number of aryl methyl sites for hydroxylation is 2. The monoisotopic (exact) mass is 511 g/mol.